The van der Waals surface area contributed by atoms with Crippen LogP contribution in [0.25, 0.3) is 0 Å². The molecule has 18 heavy (non-hydrogen) atoms. The fraction of sp³-hybridized carbons (Fsp3) is 0.286. The maximum Gasteiger partial charge on any atom is 0.127 e. The van der Waals surface area contributed by atoms with Crippen molar-refractivity contribution < 1.29 is 0 Å². The Morgan fingerprint density at radius 3 is 2.50 bits per heavy atom. The second-order valence-corrected chi connectivity index (χ2v) is 5.38. The Bertz CT molecular complexity index is 535. The van der Waals surface area contributed by atoms with E-state index >= 15 is 0 Å². The maximum atomic E-state index is 4.41. The van der Waals surface area contributed by atoms with Crippen LogP contribution in [0.5, 0.6) is 0 Å². The molecule has 0 aliphatic carbocycles. The predicted octanol–water partition coefficient (Wildman–Crippen LogP) is 3.20. The van der Waals surface area contributed by atoms with Gasteiger partial charge in [-0.15, -0.1) is 0 Å². The number of halogens is 1. The minimum Gasteiger partial charge on any atom is -0.363 e. The highest BCUT2D eigenvalue weighted by Crippen LogP contribution is 2.17. The van der Waals surface area contributed by atoms with Crippen molar-refractivity contribution in [2.75, 3.05) is 19.0 Å². The summed E-state index contributed by atoms with van der Waals surface area (Å²) in [6, 6.07) is 6.23. The van der Waals surface area contributed by atoms with Crippen molar-refractivity contribution in [3.63, 3.8) is 0 Å². The van der Waals surface area contributed by atoms with Crippen LogP contribution < -0.4 is 4.90 Å². The monoisotopic (exact) mass is 305 g/mol. The maximum absolute atomic E-state index is 4.41. The third-order valence-electron chi connectivity index (χ3n) is 2.76. The SMILES string of the molecule is Cc1cc(Cc2ccc(N(C)C)nc2)ncc1Br. The van der Waals surface area contributed by atoms with Crippen molar-refractivity contribution >= 4 is 21.7 Å². The number of pyridine rings is 2. The van der Waals surface area contributed by atoms with Gasteiger partial charge in [0.25, 0.3) is 0 Å². The van der Waals surface area contributed by atoms with Gasteiger partial charge >= 0.3 is 0 Å². The van der Waals surface area contributed by atoms with E-state index in [0.29, 0.717) is 0 Å². The molecule has 0 bridgehead atoms. The van der Waals surface area contributed by atoms with Crippen molar-refractivity contribution in [3.8, 4) is 0 Å². The molecular weight excluding hydrogens is 290 g/mol. The van der Waals surface area contributed by atoms with E-state index in [1.54, 1.807) is 0 Å². The molecule has 0 N–H and O–H groups in total. The second kappa shape index (κ2) is 5.48. The van der Waals surface area contributed by atoms with E-state index in [2.05, 4.69) is 45.0 Å². The smallest absolute Gasteiger partial charge is 0.127 e. The lowest BCUT2D eigenvalue weighted by atomic mass is 10.1. The number of hydrogen-bond acceptors (Lipinski definition) is 3. The van der Waals surface area contributed by atoms with Gasteiger partial charge in [0, 0.05) is 43.1 Å². The van der Waals surface area contributed by atoms with E-state index in [4.69, 9.17) is 0 Å². The third kappa shape index (κ3) is 3.07. The molecular formula is C14H16BrN3. The quantitative estimate of drug-likeness (QED) is 0.872. The van der Waals surface area contributed by atoms with Crippen molar-refractivity contribution in [2.45, 2.75) is 13.3 Å². The molecule has 3 nitrogen and oxygen atoms in total. The first-order valence-corrected chi connectivity index (χ1v) is 6.59. The van der Waals surface area contributed by atoms with Crippen molar-refractivity contribution in [1.82, 2.24) is 9.97 Å². The van der Waals surface area contributed by atoms with Crippen LogP contribution in [0.1, 0.15) is 16.8 Å². The lowest BCUT2D eigenvalue weighted by Gasteiger charge is -2.11. The Labute approximate surface area is 116 Å². The summed E-state index contributed by atoms with van der Waals surface area (Å²) < 4.78 is 1.05. The van der Waals surface area contributed by atoms with Crippen molar-refractivity contribution in [1.29, 1.82) is 0 Å². The molecule has 0 saturated carbocycles. The number of rotatable bonds is 3. The molecule has 0 spiro atoms. The van der Waals surface area contributed by atoms with E-state index in [-0.39, 0.29) is 0 Å². The second-order valence-electron chi connectivity index (χ2n) is 4.52. The average molecular weight is 306 g/mol. The fourth-order valence-corrected chi connectivity index (χ4v) is 1.91. The normalized spacial score (nSPS) is 10.4. The van der Waals surface area contributed by atoms with Gasteiger partial charge in [-0.1, -0.05) is 6.07 Å². The van der Waals surface area contributed by atoms with Gasteiger partial charge in [0.15, 0.2) is 0 Å². The molecule has 0 atom stereocenters. The van der Waals surface area contributed by atoms with Gasteiger partial charge in [-0.05, 0) is 46.1 Å². The Morgan fingerprint density at radius 2 is 1.94 bits per heavy atom. The van der Waals surface area contributed by atoms with Crippen molar-refractivity contribution in [3.05, 3.63) is 51.9 Å². The molecule has 4 heteroatoms. The highest BCUT2D eigenvalue weighted by atomic mass is 79.9. The van der Waals surface area contributed by atoms with E-state index in [0.717, 1.165) is 22.4 Å². The molecule has 0 aromatic carbocycles. The number of hydrogen-bond donors (Lipinski definition) is 0. The Balaban J connectivity index is 2.15. The molecule has 0 unspecified atom stereocenters. The molecule has 0 radical (unpaired) electrons. The Kier molecular flexibility index (Phi) is 3.97. The number of aryl methyl sites for hydroxylation is 1. The molecule has 0 aliphatic rings. The molecule has 2 aromatic heterocycles. The summed E-state index contributed by atoms with van der Waals surface area (Å²) in [5.74, 6) is 0.971. The van der Waals surface area contributed by atoms with Crippen LogP contribution in [-0.4, -0.2) is 24.1 Å². The zero-order valence-electron chi connectivity index (χ0n) is 10.8. The van der Waals surface area contributed by atoms with E-state index < -0.39 is 0 Å². The molecule has 94 valence electrons. The van der Waals surface area contributed by atoms with Gasteiger partial charge in [0.1, 0.15) is 5.82 Å². The molecule has 0 aliphatic heterocycles. The third-order valence-corrected chi connectivity index (χ3v) is 3.59. The zero-order chi connectivity index (χ0) is 13.1. The van der Waals surface area contributed by atoms with Crippen LogP contribution in [-0.2, 0) is 6.42 Å². The summed E-state index contributed by atoms with van der Waals surface area (Å²) in [5.41, 5.74) is 3.45. The lowest BCUT2D eigenvalue weighted by Crippen LogP contribution is -2.10. The summed E-state index contributed by atoms with van der Waals surface area (Å²) >= 11 is 3.46. The minimum absolute atomic E-state index is 0.814. The van der Waals surface area contributed by atoms with Gasteiger partial charge in [0.2, 0.25) is 0 Å². The standard InChI is InChI=1S/C14H16BrN3/c1-10-6-12(16-9-13(10)15)7-11-4-5-14(17-8-11)18(2)3/h4-6,8-9H,7H2,1-3H3. The molecule has 2 heterocycles. The fourth-order valence-electron chi connectivity index (χ4n) is 1.69. The van der Waals surface area contributed by atoms with Crippen LogP contribution in [0.15, 0.2) is 35.1 Å². The van der Waals surface area contributed by atoms with E-state index in [9.17, 15) is 0 Å². The number of aromatic nitrogens is 2. The molecule has 2 aromatic rings. The van der Waals surface area contributed by atoms with Gasteiger partial charge in [-0.2, -0.15) is 0 Å². The van der Waals surface area contributed by atoms with Crippen LogP contribution >= 0.6 is 15.9 Å². The van der Waals surface area contributed by atoms with Gasteiger partial charge in [0.05, 0.1) is 0 Å². The first kappa shape index (κ1) is 13.0. The van der Waals surface area contributed by atoms with Gasteiger partial charge in [-0.25, -0.2) is 4.98 Å². The molecule has 0 saturated heterocycles. The average Bonchev–Trinajstić information content (AvgIpc) is 2.34. The summed E-state index contributed by atoms with van der Waals surface area (Å²) in [4.78, 5) is 10.8. The summed E-state index contributed by atoms with van der Waals surface area (Å²) in [5, 5.41) is 0. The Hall–Kier alpha value is -1.42. The van der Waals surface area contributed by atoms with E-state index in [1.807, 2.05) is 37.5 Å². The highest BCUT2D eigenvalue weighted by molar-refractivity contribution is 9.10. The summed E-state index contributed by atoms with van der Waals surface area (Å²) in [6.45, 7) is 2.07. The van der Waals surface area contributed by atoms with E-state index in [1.165, 1.54) is 11.1 Å². The van der Waals surface area contributed by atoms with Crippen LogP contribution in [0.4, 0.5) is 5.82 Å². The molecule has 0 fully saturated rings. The van der Waals surface area contributed by atoms with Gasteiger partial charge < -0.3 is 4.90 Å². The highest BCUT2D eigenvalue weighted by Gasteiger charge is 2.02. The topological polar surface area (TPSA) is 29.0 Å². The van der Waals surface area contributed by atoms with Gasteiger partial charge in [-0.3, -0.25) is 4.98 Å². The van der Waals surface area contributed by atoms with Crippen LogP contribution in [0.2, 0.25) is 0 Å². The summed E-state index contributed by atoms with van der Waals surface area (Å²) in [6.07, 6.45) is 4.58. The number of anilines is 1. The molecule has 2 rings (SSSR count). The molecule has 0 amide bonds. The lowest BCUT2D eigenvalue weighted by molar-refractivity contribution is 1.02. The largest absolute Gasteiger partial charge is 0.363 e. The van der Waals surface area contributed by atoms with Crippen LogP contribution in [0.3, 0.4) is 0 Å². The Morgan fingerprint density at radius 1 is 1.17 bits per heavy atom. The first-order valence-electron chi connectivity index (χ1n) is 5.79. The summed E-state index contributed by atoms with van der Waals surface area (Å²) in [7, 11) is 3.98. The van der Waals surface area contributed by atoms with Crippen molar-refractivity contribution in [2.24, 2.45) is 0 Å². The first-order chi connectivity index (χ1) is 8.56. The number of nitrogens with zero attached hydrogens (tertiary/aromatic N) is 3. The predicted molar refractivity (Wildman–Crippen MR) is 78.0 cm³/mol. The van der Waals surface area contributed by atoms with Crippen LogP contribution in [0, 0.1) is 6.92 Å². The zero-order valence-corrected chi connectivity index (χ0v) is 12.4. The minimum atomic E-state index is 0.814.